The van der Waals surface area contributed by atoms with Crippen molar-refractivity contribution in [3.8, 4) is 5.75 Å². The summed E-state index contributed by atoms with van der Waals surface area (Å²) < 4.78 is 5.83. The number of nitrogens with zero attached hydrogens (tertiary/aromatic N) is 1. The summed E-state index contributed by atoms with van der Waals surface area (Å²) >= 11 is 5.04. The van der Waals surface area contributed by atoms with Crippen LogP contribution in [0.15, 0.2) is 24.3 Å². The van der Waals surface area contributed by atoms with Crippen LogP contribution >= 0.6 is 12.2 Å². The standard InChI is InChI=1S/C16H24N2OS/c1-2-13-7-5-10-18(13)11-6-12-19-15-9-4-3-8-14(15)16(17)20/h3-4,8-9,13H,2,5-7,10-12H2,1H3,(H2,17,20). The molecule has 0 spiro atoms. The molecule has 0 bridgehead atoms. The highest BCUT2D eigenvalue weighted by atomic mass is 32.1. The molecule has 1 aliphatic heterocycles. The predicted molar refractivity (Wildman–Crippen MR) is 87.3 cm³/mol. The van der Waals surface area contributed by atoms with E-state index in [2.05, 4.69) is 11.8 Å². The van der Waals surface area contributed by atoms with Gasteiger partial charge in [-0.3, -0.25) is 0 Å². The van der Waals surface area contributed by atoms with Gasteiger partial charge in [-0.25, -0.2) is 0 Å². The Bertz CT molecular complexity index is 450. The second-order valence-corrected chi connectivity index (χ2v) is 5.74. The van der Waals surface area contributed by atoms with Crippen molar-refractivity contribution in [3.05, 3.63) is 29.8 Å². The Hall–Kier alpha value is -1.13. The van der Waals surface area contributed by atoms with Gasteiger partial charge in [0.05, 0.1) is 12.2 Å². The molecule has 2 N–H and O–H groups in total. The van der Waals surface area contributed by atoms with Crippen molar-refractivity contribution in [1.29, 1.82) is 0 Å². The van der Waals surface area contributed by atoms with Gasteiger partial charge in [0.2, 0.25) is 0 Å². The number of hydrogen-bond acceptors (Lipinski definition) is 3. The zero-order valence-electron chi connectivity index (χ0n) is 12.2. The fourth-order valence-corrected chi connectivity index (χ4v) is 3.07. The number of ether oxygens (including phenoxy) is 1. The van der Waals surface area contributed by atoms with Crippen LogP contribution in [-0.4, -0.2) is 35.6 Å². The summed E-state index contributed by atoms with van der Waals surface area (Å²) in [6, 6.07) is 8.49. The number of thiocarbonyl (C=S) groups is 1. The lowest BCUT2D eigenvalue weighted by atomic mass is 10.2. The first kappa shape index (κ1) is 15.3. The van der Waals surface area contributed by atoms with Crippen LogP contribution in [-0.2, 0) is 0 Å². The van der Waals surface area contributed by atoms with Crippen molar-refractivity contribution >= 4 is 17.2 Å². The normalized spacial score (nSPS) is 19.1. The molecular formula is C16H24N2OS. The fourth-order valence-electron chi connectivity index (χ4n) is 2.90. The molecule has 2 rings (SSSR count). The summed E-state index contributed by atoms with van der Waals surface area (Å²) in [7, 11) is 0. The summed E-state index contributed by atoms with van der Waals surface area (Å²) in [5.74, 6) is 0.800. The Kier molecular flexibility index (Phi) is 5.80. The topological polar surface area (TPSA) is 38.5 Å². The van der Waals surface area contributed by atoms with Gasteiger partial charge in [-0.05, 0) is 44.4 Å². The zero-order valence-corrected chi connectivity index (χ0v) is 13.0. The maximum Gasteiger partial charge on any atom is 0.129 e. The van der Waals surface area contributed by atoms with E-state index in [4.69, 9.17) is 22.7 Å². The van der Waals surface area contributed by atoms with Crippen molar-refractivity contribution in [2.75, 3.05) is 19.7 Å². The highest BCUT2D eigenvalue weighted by Gasteiger charge is 2.21. The van der Waals surface area contributed by atoms with Crippen molar-refractivity contribution in [3.63, 3.8) is 0 Å². The van der Waals surface area contributed by atoms with Gasteiger partial charge in [0.1, 0.15) is 10.7 Å². The Morgan fingerprint density at radius 3 is 3.00 bits per heavy atom. The summed E-state index contributed by atoms with van der Waals surface area (Å²) in [6.45, 7) is 5.35. The first-order valence-corrected chi connectivity index (χ1v) is 7.89. The van der Waals surface area contributed by atoms with Crippen molar-refractivity contribution in [2.24, 2.45) is 5.73 Å². The smallest absolute Gasteiger partial charge is 0.129 e. The average molecular weight is 292 g/mol. The van der Waals surface area contributed by atoms with Gasteiger partial charge in [0, 0.05) is 12.6 Å². The molecule has 1 fully saturated rings. The third-order valence-electron chi connectivity index (χ3n) is 3.97. The number of likely N-dealkylation sites (tertiary alicyclic amines) is 1. The van der Waals surface area contributed by atoms with Gasteiger partial charge in [-0.2, -0.15) is 0 Å². The Morgan fingerprint density at radius 1 is 1.45 bits per heavy atom. The lowest BCUT2D eigenvalue weighted by Gasteiger charge is -2.23. The van der Waals surface area contributed by atoms with E-state index in [9.17, 15) is 0 Å². The van der Waals surface area contributed by atoms with Gasteiger partial charge >= 0.3 is 0 Å². The minimum Gasteiger partial charge on any atom is -0.493 e. The molecule has 110 valence electrons. The van der Waals surface area contributed by atoms with E-state index < -0.39 is 0 Å². The molecule has 1 heterocycles. The van der Waals surface area contributed by atoms with Crippen LogP contribution in [0.5, 0.6) is 5.75 Å². The molecule has 1 aromatic carbocycles. The van der Waals surface area contributed by atoms with Crippen molar-refractivity contribution in [2.45, 2.75) is 38.6 Å². The molecule has 0 aromatic heterocycles. The van der Waals surface area contributed by atoms with Crippen LogP contribution < -0.4 is 10.5 Å². The lowest BCUT2D eigenvalue weighted by molar-refractivity contribution is 0.217. The summed E-state index contributed by atoms with van der Waals surface area (Å²) in [6.07, 6.45) is 4.98. The van der Waals surface area contributed by atoms with Gasteiger partial charge in [0.25, 0.3) is 0 Å². The quantitative estimate of drug-likeness (QED) is 0.619. The number of hydrogen-bond donors (Lipinski definition) is 1. The van der Waals surface area contributed by atoms with E-state index >= 15 is 0 Å². The highest BCUT2D eigenvalue weighted by Crippen LogP contribution is 2.20. The van der Waals surface area contributed by atoms with Crippen LogP contribution in [0.2, 0.25) is 0 Å². The van der Waals surface area contributed by atoms with Gasteiger partial charge in [0.15, 0.2) is 0 Å². The maximum atomic E-state index is 5.83. The molecule has 0 amide bonds. The minimum absolute atomic E-state index is 0.395. The van der Waals surface area contributed by atoms with E-state index in [1.807, 2.05) is 24.3 Å². The molecular weight excluding hydrogens is 268 g/mol. The molecule has 0 saturated carbocycles. The zero-order chi connectivity index (χ0) is 14.4. The second-order valence-electron chi connectivity index (χ2n) is 5.30. The first-order chi connectivity index (χ1) is 9.72. The number of nitrogens with two attached hydrogens (primary N) is 1. The largest absolute Gasteiger partial charge is 0.493 e. The minimum atomic E-state index is 0.395. The van der Waals surface area contributed by atoms with Crippen LogP contribution in [0.1, 0.15) is 38.2 Å². The fraction of sp³-hybridized carbons (Fsp3) is 0.562. The molecule has 4 heteroatoms. The van der Waals surface area contributed by atoms with Crippen LogP contribution in [0.3, 0.4) is 0 Å². The highest BCUT2D eigenvalue weighted by molar-refractivity contribution is 7.80. The molecule has 0 aliphatic carbocycles. The molecule has 1 atom stereocenters. The number of benzene rings is 1. The Morgan fingerprint density at radius 2 is 2.25 bits per heavy atom. The molecule has 20 heavy (non-hydrogen) atoms. The van der Waals surface area contributed by atoms with Gasteiger partial charge < -0.3 is 15.4 Å². The van der Waals surface area contributed by atoms with E-state index in [0.717, 1.165) is 30.3 Å². The van der Waals surface area contributed by atoms with Gasteiger partial charge in [-0.15, -0.1) is 0 Å². The number of para-hydroxylation sites is 1. The number of rotatable bonds is 7. The Balaban J connectivity index is 1.77. The van der Waals surface area contributed by atoms with E-state index in [0.29, 0.717) is 11.6 Å². The SMILES string of the molecule is CCC1CCCN1CCCOc1ccccc1C(N)=S. The van der Waals surface area contributed by atoms with Crippen LogP contribution in [0.4, 0.5) is 0 Å². The summed E-state index contributed by atoms with van der Waals surface area (Å²) in [4.78, 5) is 2.98. The summed E-state index contributed by atoms with van der Waals surface area (Å²) in [5, 5.41) is 0. The molecule has 1 aliphatic rings. The third-order valence-corrected chi connectivity index (χ3v) is 4.19. The van der Waals surface area contributed by atoms with Crippen LogP contribution in [0, 0.1) is 0 Å². The second kappa shape index (κ2) is 7.60. The van der Waals surface area contributed by atoms with E-state index in [1.165, 1.54) is 25.8 Å². The molecule has 3 nitrogen and oxygen atoms in total. The lowest BCUT2D eigenvalue weighted by Crippen LogP contribution is -2.30. The summed E-state index contributed by atoms with van der Waals surface area (Å²) in [5.41, 5.74) is 6.53. The van der Waals surface area contributed by atoms with Gasteiger partial charge in [-0.1, -0.05) is 31.3 Å². The predicted octanol–water partition coefficient (Wildman–Crippen LogP) is 2.96. The monoisotopic (exact) mass is 292 g/mol. The molecule has 0 radical (unpaired) electrons. The van der Waals surface area contributed by atoms with E-state index in [1.54, 1.807) is 0 Å². The average Bonchev–Trinajstić information content (AvgIpc) is 2.91. The molecule has 1 saturated heterocycles. The van der Waals surface area contributed by atoms with Crippen molar-refractivity contribution in [1.82, 2.24) is 4.90 Å². The van der Waals surface area contributed by atoms with E-state index in [-0.39, 0.29) is 0 Å². The maximum absolute atomic E-state index is 5.83. The van der Waals surface area contributed by atoms with Crippen LogP contribution in [0.25, 0.3) is 0 Å². The first-order valence-electron chi connectivity index (χ1n) is 7.48. The van der Waals surface area contributed by atoms with Crippen molar-refractivity contribution < 1.29 is 4.74 Å². The Labute approximate surface area is 127 Å². The third kappa shape index (κ3) is 3.93. The molecule has 1 aromatic rings. The molecule has 1 unspecified atom stereocenters.